The van der Waals surface area contributed by atoms with Crippen molar-refractivity contribution in [3.8, 4) is 0 Å². The lowest BCUT2D eigenvalue weighted by atomic mass is 9.85. The molecule has 3 heteroatoms. The Balaban J connectivity index is 2.15. The summed E-state index contributed by atoms with van der Waals surface area (Å²) < 4.78 is 5.54. The fourth-order valence-corrected chi connectivity index (χ4v) is 1.83. The normalized spacial score (nSPS) is 27.4. The van der Waals surface area contributed by atoms with Gasteiger partial charge in [0, 0.05) is 25.2 Å². The molecule has 1 rings (SSSR count). The van der Waals surface area contributed by atoms with Gasteiger partial charge >= 0.3 is 0 Å². The highest BCUT2D eigenvalue weighted by atomic mass is 16.5. The Bertz CT molecular complexity index is 153. The number of rotatable bonds is 6. The molecule has 1 fully saturated rings. The first kappa shape index (κ1) is 12.0. The van der Waals surface area contributed by atoms with Gasteiger partial charge in [0.1, 0.15) is 0 Å². The Morgan fingerprint density at radius 3 is 2.79 bits per heavy atom. The van der Waals surface area contributed by atoms with E-state index in [0.29, 0.717) is 5.92 Å². The largest absolute Gasteiger partial charge is 0.396 e. The Hall–Kier alpha value is -0.120. The van der Waals surface area contributed by atoms with Crippen LogP contribution < -0.4 is 5.32 Å². The van der Waals surface area contributed by atoms with Crippen molar-refractivity contribution in [2.75, 3.05) is 32.9 Å². The van der Waals surface area contributed by atoms with Crippen molar-refractivity contribution in [3.05, 3.63) is 0 Å². The minimum atomic E-state index is 0.0942. The first-order valence-electron chi connectivity index (χ1n) is 5.58. The zero-order valence-electron chi connectivity index (χ0n) is 9.38. The fourth-order valence-electron chi connectivity index (χ4n) is 1.83. The minimum absolute atomic E-state index is 0.0942. The molecule has 1 unspecified atom stereocenters. The van der Waals surface area contributed by atoms with Gasteiger partial charge in [0.05, 0.1) is 6.61 Å². The molecular formula is C11H23NO2. The van der Waals surface area contributed by atoms with E-state index in [9.17, 15) is 5.11 Å². The Morgan fingerprint density at radius 1 is 1.50 bits per heavy atom. The molecule has 14 heavy (non-hydrogen) atoms. The number of nitrogens with one attached hydrogen (secondary N) is 1. The number of aliphatic hydroxyl groups excluding tert-OH is 1. The van der Waals surface area contributed by atoms with Gasteiger partial charge in [-0.3, -0.25) is 0 Å². The number of hydrogen-bond donors (Lipinski definition) is 2. The number of hydrogen-bond acceptors (Lipinski definition) is 3. The molecule has 0 radical (unpaired) electrons. The van der Waals surface area contributed by atoms with E-state index < -0.39 is 0 Å². The van der Waals surface area contributed by atoms with Gasteiger partial charge in [-0.25, -0.2) is 0 Å². The lowest BCUT2D eigenvalue weighted by Crippen LogP contribution is -2.29. The fraction of sp³-hybridized carbons (Fsp3) is 1.00. The van der Waals surface area contributed by atoms with Crippen LogP contribution in [0.3, 0.4) is 0 Å². The molecule has 1 aliphatic rings. The maximum Gasteiger partial charge on any atom is 0.0500 e. The van der Waals surface area contributed by atoms with Crippen LogP contribution in [-0.2, 0) is 4.74 Å². The first-order chi connectivity index (χ1) is 6.68. The minimum Gasteiger partial charge on any atom is -0.396 e. The van der Waals surface area contributed by atoms with Gasteiger partial charge in [0.2, 0.25) is 0 Å². The van der Waals surface area contributed by atoms with Crippen LogP contribution in [0.4, 0.5) is 0 Å². The van der Waals surface area contributed by atoms with Gasteiger partial charge in [-0.2, -0.15) is 0 Å². The van der Waals surface area contributed by atoms with Gasteiger partial charge in [-0.05, 0) is 25.3 Å². The molecule has 0 saturated carbocycles. The van der Waals surface area contributed by atoms with Crippen LogP contribution in [0.1, 0.15) is 26.7 Å². The molecule has 3 nitrogen and oxygen atoms in total. The summed E-state index contributed by atoms with van der Waals surface area (Å²) in [4.78, 5) is 0. The highest BCUT2D eigenvalue weighted by molar-refractivity contribution is 4.87. The van der Waals surface area contributed by atoms with Crippen LogP contribution in [0, 0.1) is 11.3 Å². The quantitative estimate of drug-likeness (QED) is 0.630. The Kier molecular flexibility index (Phi) is 4.85. The summed E-state index contributed by atoms with van der Waals surface area (Å²) in [7, 11) is 0. The number of ether oxygens (including phenoxy) is 1. The zero-order chi connectivity index (χ0) is 10.4. The average molecular weight is 201 g/mol. The molecule has 0 aromatic carbocycles. The monoisotopic (exact) mass is 201 g/mol. The molecule has 2 N–H and O–H groups in total. The molecule has 0 bridgehead atoms. The second-order valence-electron chi connectivity index (χ2n) is 4.80. The summed E-state index contributed by atoms with van der Waals surface area (Å²) in [6.07, 6.45) is 2.05. The molecule has 1 heterocycles. The van der Waals surface area contributed by atoms with Gasteiger partial charge in [0.25, 0.3) is 0 Å². The van der Waals surface area contributed by atoms with Crippen molar-refractivity contribution in [1.29, 1.82) is 0 Å². The van der Waals surface area contributed by atoms with Gasteiger partial charge in [0.15, 0.2) is 0 Å². The molecule has 0 aromatic heterocycles. The van der Waals surface area contributed by atoms with Gasteiger partial charge in [-0.1, -0.05) is 13.8 Å². The maximum absolute atomic E-state index is 9.33. The van der Waals surface area contributed by atoms with E-state index in [1.54, 1.807) is 0 Å². The van der Waals surface area contributed by atoms with E-state index >= 15 is 0 Å². The lowest BCUT2D eigenvalue weighted by molar-refractivity contribution is 0.0563. The summed E-state index contributed by atoms with van der Waals surface area (Å²) in [5, 5.41) is 12.6. The van der Waals surface area contributed by atoms with E-state index in [2.05, 4.69) is 19.2 Å². The van der Waals surface area contributed by atoms with Crippen LogP contribution >= 0.6 is 0 Å². The van der Waals surface area contributed by atoms with Gasteiger partial charge in [-0.15, -0.1) is 0 Å². The van der Waals surface area contributed by atoms with Crippen molar-refractivity contribution >= 4 is 0 Å². The van der Waals surface area contributed by atoms with E-state index in [1.807, 2.05) is 0 Å². The topological polar surface area (TPSA) is 41.5 Å². The van der Waals surface area contributed by atoms with E-state index in [1.165, 1.54) is 0 Å². The lowest BCUT2D eigenvalue weighted by Gasteiger charge is -2.25. The zero-order valence-corrected chi connectivity index (χ0v) is 9.38. The van der Waals surface area contributed by atoms with E-state index in [-0.39, 0.29) is 12.0 Å². The summed E-state index contributed by atoms with van der Waals surface area (Å²) in [6.45, 7) is 8.16. The molecule has 1 atom stereocenters. The third-order valence-electron chi connectivity index (χ3n) is 2.90. The highest BCUT2D eigenvalue weighted by Gasteiger charge is 2.32. The standard InChI is InChI=1S/C11H23NO2/c1-10(2)7-14-6-4-11(9-13)3-5-12-8-11/h10,12-13H,3-9H2,1-2H3. The SMILES string of the molecule is CC(C)COCCC1(CO)CCNC1. The van der Waals surface area contributed by atoms with E-state index in [0.717, 1.165) is 39.1 Å². The Morgan fingerprint density at radius 2 is 2.29 bits per heavy atom. The number of aliphatic hydroxyl groups is 1. The van der Waals surface area contributed by atoms with Crippen LogP contribution in [0.2, 0.25) is 0 Å². The van der Waals surface area contributed by atoms with E-state index in [4.69, 9.17) is 4.74 Å². The molecule has 84 valence electrons. The molecule has 0 aromatic rings. The molecule has 0 amide bonds. The van der Waals surface area contributed by atoms with Crippen LogP contribution in [0.15, 0.2) is 0 Å². The summed E-state index contributed by atoms with van der Waals surface area (Å²) in [6, 6.07) is 0. The second-order valence-corrected chi connectivity index (χ2v) is 4.80. The third-order valence-corrected chi connectivity index (χ3v) is 2.90. The van der Waals surface area contributed by atoms with Crippen molar-refractivity contribution < 1.29 is 9.84 Å². The van der Waals surface area contributed by atoms with Crippen LogP contribution in [-0.4, -0.2) is 38.0 Å². The predicted octanol–water partition coefficient (Wildman–Crippen LogP) is 1.02. The van der Waals surface area contributed by atoms with Gasteiger partial charge < -0.3 is 15.2 Å². The van der Waals surface area contributed by atoms with Crippen LogP contribution in [0.25, 0.3) is 0 Å². The molecule has 1 saturated heterocycles. The van der Waals surface area contributed by atoms with Crippen molar-refractivity contribution in [2.24, 2.45) is 11.3 Å². The second kappa shape index (κ2) is 5.69. The molecular weight excluding hydrogens is 178 g/mol. The Labute approximate surface area is 86.8 Å². The first-order valence-corrected chi connectivity index (χ1v) is 5.58. The molecule has 0 spiro atoms. The molecule has 1 aliphatic heterocycles. The highest BCUT2D eigenvalue weighted by Crippen LogP contribution is 2.28. The average Bonchev–Trinajstić information content (AvgIpc) is 2.62. The summed E-state index contributed by atoms with van der Waals surface area (Å²) in [5.41, 5.74) is 0.0942. The van der Waals surface area contributed by atoms with Crippen molar-refractivity contribution in [2.45, 2.75) is 26.7 Å². The summed E-state index contributed by atoms with van der Waals surface area (Å²) in [5.74, 6) is 0.599. The maximum atomic E-state index is 9.33. The predicted molar refractivity (Wildman–Crippen MR) is 57.3 cm³/mol. The molecule has 0 aliphatic carbocycles. The smallest absolute Gasteiger partial charge is 0.0500 e. The van der Waals surface area contributed by atoms with Crippen LogP contribution in [0.5, 0.6) is 0 Å². The third kappa shape index (κ3) is 3.56. The van der Waals surface area contributed by atoms with Crippen molar-refractivity contribution in [3.63, 3.8) is 0 Å². The van der Waals surface area contributed by atoms with Crippen molar-refractivity contribution in [1.82, 2.24) is 5.32 Å². The summed E-state index contributed by atoms with van der Waals surface area (Å²) >= 11 is 0.